The highest BCUT2D eigenvalue weighted by atomic mass is 16.5. The molecule has 0 fully saturated rings. The van der Waals surface area contributed by atoms with Gasteiger partial charge < -0.3 is 20.5 Å². The normalized spacial score (nSPS) is 11.4. The number of primary amides is 1. The highest BCUT2D eigenvalue weighted by molar-refractivity contribution is 5.96. The number of nitrogens with one attached hydrogen (secondary N) is 1. The lowest BCUT2D eigenvalue weighted by molar-refractivity contribution is -0.123. The van der Waals surface area contributed by atoms with E-state index in [4.69, 9.17) is 15.2 Å². The van der Waals surface area contributed by atoms with E-state index in [1.165, 1.54) is 19.2 Å². The number of carbonyl (C=O) groups is 2. The maximum Gasteiger partial charge on any atom is 0.258 e. The molecule has 2 amide bonds. The number of ether oxygens (including phenoxy) is 2. The van der Waals surface area contributed by atoms with Gasteiger partial charge in [-0.2, -0.15) is 0 Å². The average molecular weight is 328 g/mol. The van der Waals surface area contributed by atoms with Crippen LogP contribution in [0.4, 0.5) is 0 Å². The molecule has 2 aromatic rings. The van der Waals surface area contributed by atoms with Gasteiger partial charge >= 0.3 is 0 Å². The number of methoxy groups -OCH3 is 1. The van der Waals surface area contributed by atoms with Gasteiger partial charge in [-0.1, -0.05) is 30.3 Å². The van der Waals surface area contributed by atoms with Crippen LogP contribution in [0, 0.1) is 0 Å². The Morgan fingerprint density at radius 2 is 1.88 bits per heavy atom. The van der Waals surface area contributed by atoms with Crippen LogP contribution in [0.5, 0.6) is 11.5 Å². The molecule has 2 aromatic carbocycles. The molecule has 0 radical (unpaired) electrons. The van der Waals surface area contributed by atoms with Crippen molar-refractivity contribution in [2.75, 3.05) is 13.7 Å². The van der Waals surface area contributed by atoms with E-state index in [9.17, 15) is 9.59 Å². The van der Waals surface area contributed by atoms with Crippen molar-refractivity contribution in [2.24, 2.45) is 5.73 Å². The number of amides is 2. The first-order chi connectivity index (χ1) is 11.5. The smallest absolute Gasteiger partial charge is 0.258 e. The molecule has 0 saturated carbocycles. The second kappa shape index (κ2) is 8.01. The number of nitrogens with two attached hydrogens (primary N) is 1. The Morgan fingerprint density at radius 1 is 1.17 bits per heavy atom. The molecule has 0 saturated heterocycles. The van der Waals surface area contributed by atoms with Gasteiger partial charge in [0.05, 0.1) is 18.7 Å². The number of hydrogen-bond donors (Lipinski definition) is 2. The van der Waals surface area contributed by atoms with Crippen molar-refractivity contribution in [3.63, 3.8) is 0 Å². The molecule has 126 valence electrons. The van der Waals surface area contributed by atoms with Crippen LogP contribution in [0.15, 0.2) is 48.5 Å². The first-order valence-corrected chi connectivity index (χ1v) is 7.46. The van der Waals surface area contributed by atoms with Crippen LogP contribution in [-0.2, 0) is 4.79 Å². The first-order valence-electron chi connectivity index (χ1n) is 7.46. The molecule has 0 heterocycles. The van der Waals surface area contributed by atoms with Crippen molar-refractivity contribution in [3.05, 3.63) is 59.7 Å². The molecule has 0 aliphatic heterocycles. The molecule has 1 unspecified atom stereocenters. The molecule has 0 bridgehead atoms. The zero-order valence-corrected chi connectivity index (χ0v) is 13.6. The van der Waals surface area contributed by atoms with E-state index in [2.05, 4.69) is 5.32 Å². The molecule has 2 rings (SSSR count). The molecule has 0 aromatic heterocycles. The van der Waals surface area contributed by atoms with E-state index in [1.54, 1.807) is 6.07 Å². The molecular weight excluding hydrogens is 308 g/mol. The van der Waals surface area contributed by atoms with E-state index >= 15 is 0 Å². The van der Waals surface area contributed by atoms with Gasteiger partial charge in [-0.05, 0) is 24.6 Å². The summed E-state index contributed by atoms with van der Waals surface area (Å²) in [4.78, 5) is 23.5. The third kappa shape index (κ3) is 4.49. The van der Waals surface area contributed by atoms with Gasteiger partial charge in [-0.25, -0.2) is 0 Å². The van der Waals surface area contributed by atoms with Crippen molar-refractivity contribution in [2.45, 2.75) is 13.0 Å². The molecular formula is C18H20N2O4. The summed E-state index contributed by atoms with van der Waals surface area (Å²) in [5, 5.41) is 2.83. The monoisotopic (exact) mass is 328 g/mol. The van der Waals surface area contributed by atoms with Crippen molar-refractivity contribution in [1.29, 1.82) is 0 Å². The third-order valence-corrected chi connectivity index (χ3v) is 3.49. The predicted octanol–water partition coefficient (Wildman–Crippen LogP) is 2.05. The van der Waals surface area contributed by atoms with Crippen molar-refractivity contribution < 1.29 is 19.1 Å². The van der Waals surface area contributed by atoms with Crippen LogP contribution in [0.1, 0.15) is 28.9 Å². The van der Waals surface area contributed by atoms with Crippen LogP contribution in [0.25, 0.3) is 0 Å². The van der Waals surface area contributed by atoms with Gasteiger partial charge in [-0.3, -0.25) is 9.59 Å². The molecule has 3 N–H and O–H groups in total. The quantitative estimate of drug-likeness (QED) is 0.814. The third-order valence-electron chi connectivity index (χ3n) is 3.49. The molecule has 0 aliphatic rings. The summed E-state index contributed by atoms with van der Waals surface area (Å²) in [6, 6.07) is 14.1. The van der Waals surface area contributed by atoms with Gasteiger partial charge in [0.25, 0.3) is 11.8 Å². The second-order valence-electron chi connectivity index (χ2n) is 5.21. The Balaban J connectivity index is 2.00. The fourth-order valence-electron chi connectivity index (χ4n) is 2.20. The molecule has 6 heteroatoms. The maximum atomic E-state index is 12.1. The number of hydrogen-bond acceptors (Lipinski definition) is 4. The average Bonchev–Trinajstić information content (AvgIpc) is 2.60. The molecule has 24 heavy (non-hydrogen) atoms. The van der Waals surface area contributed by atoms with Crippen molar-refractivity contribution in [3.8, 4) is 11.5 Å². The van der Waals surface area contributed by atoms with E-state index in [0.717, 1.165) is 5.56 Å². The molecule has 0 aliphatic carbocycles. The lowest BCUT2D eigenvalue weighted by Crippen LogP contribution is -2.31. The standard InChI is InChI=1S/C18H20N2O4/c1-12(13-6-4-3-5-7-13)20-17(21)11-24-16-10-14(23-2)8-9-15(16)18(19)22/h3-10,12H,11H2,1-2H3,(H2,19,22)(H,20,21). The molecule has 1 atom stereocenters. The summed E-state index contributed by atoms with van der Waals surface area (Å²) >= 11 is 0. The zero-order valence-electron chi connectivity index (χ0n) is 13.6. The van der Waals surface area contributed by atoms with Crippen LogP contribution in [0.3, 0.4) is 0 Å². The Hall–Kier alpha value is -3.02. The van der Waals surface area contributed by atoms with Gasteiger partial charge in [0.15, 0.2) is 6.61 Å². The Kier molecular flexibility index (Phi) is 5.78. The van der Waals surface area contributed by atoms with Gasteiger partial charge in [0.1, 0.15) is 11.5 Å². The van der Waals surface area contributed by atoms with E-state index in [-0.39, 0.29) is 29.9 Å². The summed E-state index contributed by atoms with van der Waals surface area (Å²) < 4.78 is 10.5. The summed E-state index contributed by atoms with van der Waals surface area (Å²) in [5.74, 6) is -0.215. The van der Waals surface area contributed by atoms with E-state index in [1.807, 2.05) is 37.3 Å². The van der Waals surface area contributed by atoms with Gasteiger partial charge in [0, 0.05) is 6.07 Å². The predicted molar refractivity (Wildman–Crippen MR) is 90.0 cm³/mol. The van der Waals surface area contributed by atoms with Crippen LogP contribution < -0.4 is 20.5 Å². The van der Waals surface area contributed by atoms with Gasteiger partial charge in [0.2, 0.25) is 0 Å². The lowest BCUT2D eigenvalue weighted by atomic mass is 10.1. The minimum atomic E-state index is -0.634. The Morgan fingerprint density at radius 3 is 2.50 bits per heavy atom. The highest BCUT2D eigenvalue weighted by Crippen LogP contribution is 2.24. The summed E-state index contributed by atoms with van der Waals surface area (Å²) in [6.45, 7) is 1.65. The van der Waals surface area contributed by atoms with Crippen LogP contribution in [0.2, 0.25) is 0 Å². The van der Waals surface area contributed by atoms with E-state index in [0.29, 0.717) is 5.75 Å². The number of carbonyl (C=O) groups excluding carboxylic acids is 2. The SMILES string of the molecule is COc1ccc(C(N)=O)c(OCC(=O)NC(C)c2ccccc2)c1. The number of rotatable bonds is 7. The second-order valence-corrected chi connectivity index (χ2v) is 5.21. The number of benzene rings is 2. The van der Waals surface area contributed by atoms with E-state index < -0.39 is 5.91 Å². The highest BCUT2D eigenvalue weighted by Gasteiger charge is 2.14. The summed E-state index contributed by atoms with van der Waals surface area (Å²) in [7, 11) is 1.50. The lowest BCUT2D eigenvalue weighted by Gasteiger charge is -2.15. The van der Waals surface area contributed by atoms with Crippen LogP contribution >= 0.6 is 0 Å². The van der Waals surface area contributed by atoms with Crippen LogP contribution in [-0.4, -0.2) is 25.5 Å². The maximum absolute atomic E-state index is 12.1. The van der Waals surface area contributed by atoms with Crippen molar-refractivity contribution >= 4 is 11.8 Å². The Labute approximate surface area is 140 Å². The summed E-state index contributed by atoms with van der Waals surface area (Å²) in [5.41, 5.74) is 6.49. The zero-order chi connectivity index (χ0) is 17.5. The van der Waals surface area contributed by atoms with Crippen molar-refractivity contribution in [1.82, 2.24) is 5.32 Å². The fraction of sp³-hybridized carbons (Fsp3) is 0.222. The summed E-state index contributed by atoms with van der Waals surface area (Å²) in [6.07, 6.45) is 0. The largest absolute Gasteiger partial charge is 0.497 e. The first kappa shape index (κ1) is 17.3. The minimum Gasteiger partial charge on any atom is -0.497 e. The minimum absolute atomic E-state index is 0.150. The van der Waals surface area contributed by atoms with Gasteiger partial charge in [-0.15, -0.1) is 0 Å². The topological polar surface area (TPSA) is 90.7 Å². The molecule has 0 spiro atoms. The fourth-order valence-corrected chi connectivity index (χ4v) is 2.20. The molecule has 6 nitrogen and oxygen atoms in total. The Bertz CT molecular complexity index is 716.